The summed E-state index contributed by atoms with van der Waals surface area (Å²) in [5.74, 6) is -0.485. The highest BCUT2D eigenvalue weighted by Gasteiger charge is 2.51. The van der Waals surface area contributed by atoms with Crippen molar-refractivity contribution in [2.24, 2.45) is 0 Å². The first kappa shape index (κ1) is 59.8. The summed E-state index contributed by atoms with van der Waals surface area (Å²) in [6.45, 7) is 4.24. The lowest BCUT2D eigenvalue weighted by Crippen LogP contribution is -2.64. The number of rotatable bonds is 44. The molecular weight excluding hydrogens is 824 g/mol. The van der Waals surface area contributed by atoms with Crippen LogP contribution in [0, 0.1) is 0 Å². The van der Waals surface area contributed by atoms with Crippen LogP contribution in [0.4, 0.5) is 0 Å². The first-order valence-electron chi connectivity index (χ1n) is 25.7. The van der Waals surface area contributed by atoms with Gasteiger partial charge in [0.1, 0.15) is 42.7 Å². The summed E-state index contributed by atoms with van der Waals surface area (Å²) in [6, 6.07) is 0. The standard InChI is InChI=1S/C50H95O12P/c1-3-5-7-9-11-13-15-17-18-19-20-21-22-23-24-25-26-27-28-30-32-34-36-38-40-59-41-43(61-44(51)39-37-35-33-31-29-16-14-12-10-8-6-4-2)42-60-63(57,58)62-50-48(55)46(53)45(52)47(54)49(50)56/h12,14,19-20,43,45-50,52-56H,3-11,13,15-18,21-42H2,1-2H3,(H,57,58)/b14-12-,20-19-. The molecule has 13 heteroatoms. The number of hydrogen-bond donors (Lipinski definition) is 6. The van der Waals surface area contributed by atoms with E-state index in [-0.39, 0.29) is 13.0 Å². The molecule has 63 heavy (non-hydrogen) atoms. The molecule has 0 spiro atoms. The summed E-state index contributed by atoms with van der Waals surface area (Å²) in [5.41, 5.74) is 0. The molecule has 6 atom stereocenters. The number of aliphatic hydroxyl groups excluding tert-OH is 5. The van der Waals surface area contributed by atoms with Gasteiger partial charge in [-0.05, 0) is 64.2 Å². The van der Waals surface area contributed by atoms with Gasteiger partial charge in [0.2, 0.25) is 0 Å². The molecule has 12 nitrogen and oxygen atoms in total. The largest absolute Gasteiger partial charge is 0.472 e. The van der Waals surface area contributed by atoms with E-state index in [4.69, 9.17) is 18.5 Å². The summed E-state index contributed by atoms with van der Waals surface area (Å²) < 4.78 is 34.2. The van der Waals surface area contributed by atoms with E-state index >= 15 is 0 Å². The third-order valence-corrected chi connectivity index (χ3v) is 13.0. The average Bonchev–Trinajstić information content (AvgIpc) is 3.27. The smallest absolute Gasteiger partial charge is 0.457 e. The van der Waals surface area contributed by atoms with Crippen LogP contribution in [0.2, 0.25) is 0 Å². The van der Waals surface area contributed by atoms with E-state index in [1.165, 1.54) is 141 Å². The van der Waals surface area contributed by atoms with Crippen LogP contribution in [0.1, 0.15) is 226 Å². The number of ether oxygens (including phenoxy) is 2. The minimum Gasteiger partial charge on any atom is -0.457 e. The van der Waals surface area contributed by atoms with Crippen LogP contribution in [-0.2, 0) is 27.9 Å². The number of hydrogen-bond acceptors (Lipinski definition) is 11. The minimum absolute atomic E-state index is 0.0773. The lowest BCUT2D eigenvalue weighted by Gasteiger charge is -2.41. The number of esters is 1. The van der Waals surface area contributed by atoms with Crippen LogP contribution in [0.15, 0.2) is 24.3 Å². The SMILES string of the molecule is CCCCC/C=C\CCCCCCCC(=O)OC(COCCCCCCCCCCCCCC/C=C\CCCCCCCCCC)COP(=O)(O)OC1C(O)C(O)C(O)C(O)C1O. The van der Waals surface area contributed by atoms with Gasteiger partial charge in [0, 0.05) is 13.0 Å². The van der Waals surface area contributed by atoms with Gasteiger partial charge in [-0.1, -0.05) is 179 Å². The molecule has 1 aliphatic rings. The summed E-state index contributed by atoms with van der Waals surface area (Å²) in [6.07, 6.45) is 35.5. The maximum atomic E-state index is 12.8. The van der Waals surface area contributed by atoms with Gasteiger partial charge in [-0.3, -0.25) is 13.8 Å². The van der Waals surface area contributed by atoms with Gasteiger partial charge in [0.05, 0.1) is 13.2 Å². The number of allylic oxidation sites excluding steroid dienone is 4. The molecule has 0 bridgehead atoms. The summed E-state index contributed by atoms with van der Waals surface area (Å²) in [4.78, 5) is 23.2. The van der Waals surface area contributed by atoms with E-state index in [0.717, 1.165) is 57.8 Å². The number of aliphatic hydroxyl groups is 5. The van der Waals surface area contributed by atoms with E-state index in [1.54, 1.807) is 0 Å². The maximum Gasteiger partial charge on any atom is 0.472 e. The fraction of sp³-hybridized carbons (Fsp3) is 0.900. The summed E-state index contributed by atoms with van der Waals surface area (Å²) in [5, 5.41) is 50.2. The molecule has 1 fully saturated rings. The van der Waals surface area contributed by atoms with E-state index in [0.29, 0.717) is 13.0 Å². The topological polar surface area (TPSA) is 192 Å². The Balaban J connectivity index is 2.28. The molecule has 6 N–H and O–H groups in total. The van der Waals surface area contributed by atoms with Crippen LogP contribution in [0.3, 0.4) is 0 Å². The fourth-order valence-electron chi connectivity index (χ4n) is 7.93. The highest BCUT2D eigenvalue weighted by Crippen LogP contribution is 2.47. The van der Waals surface area contributed by atoms with Crippen molar-refractivity contribution in [2.45, 2.75) is 268 Å². The number of carbonyl (C=O) groups is 1. The summed E-state index contributed by atoms with van der Waals surface area (Å²) in [7, 11) is -5.02. The van der Waals surface area contributed by atoms with Crippen molar-refractivity contribution < 1.29 is 58.3 Å². The van der Waals surface area contributed by atoms with Crippen molar-refractivity contribution in [1.82, 2.24) is 0 Å². The zero-order chi connectivity index (χ0) is 46.2. The first-order chi connectivity index (χ1) is 30.5. The van der Waals surface area contributed by atoms with Gasteiger partial charge in [-0.2, -0.15) is 0 Å². The quantitative estimate of drug-likeness (QED) is 0.0147. The van der Waals surface area contributed by atoms with E-state index in [2.05, 4.69) is 38.2 Å². The molecule has 0 aromatic carbocycles. The third-order valence-electron chi connectivity index (χ3n) is 12.0. The maximum absolute atomic E-state index is 12.8. The van der Waals surface area contributed by atoms with Crippen molar-refractivity contribution in [1.29, 1.82) is 0 Å². The first-order valence-corrected chi connectivity index (χ1v) is 27.2. The molecule has 0 radical (unpaired) electrons. The normalized spacial score (nSPS) is 22.0. The van der Waals surface area contributed by atoms with Gasteiger partial charge in [-0.25, -0.2) is 4.57 Å². The van der Waals surface area contributed by atoms with Crippen LogP contribution < -0.4 is 0 Å². The second-order valence-corrected chi connectivity index (χ2v) is 19.4. The second-order valence-electron chi connectivity index (χ2n) is 18.0. The van der Waals surface area contributed by atoms with Crippen LogP contribution >= 0.6 is 7.82 Å². The fourth-order valence-corrected chi connectivity index (χ4v) is 8.91. The Morgan fingerprint density at radius 1 is 0.492 bits per heavy atom. The molecule has 0 aromatic rings. The Hall–Kier alpha value is -1.18. The highest BCUT2D eigenvalue weighted by molar-refractivity contribution is 7.47. The predicted octanol–water partition coefficient (Wildman–Crippen LogP) is 11.3. The van der Waals surface area contributed by atoms with Crippen molar-refractivity contribution >= 4 is 13.8 Å². The van der Waals surface area contributed by atoms with Crippen LogP contribution in [0.5, 0.6) is 0 Å². The Bertz CT molecular complexity index is 1140. The molecule has 6 unspecified atom stereocenters. The van der Waals surface area contributed by atoms with Crippen molar-refractivity contribution in [3.8, 4) is 0 Å². The van der Waals surface area contributed by atoms with Crippen LogP contribution in [0.25, 0.3) is 0 Å². The molecule has 0 saturated heterocycles. The van der Waals surface area contributed by atoms with Gasteiger partial charge in [0.25, 0.3) is 0 Å². The van der Waals surface area contributed by atoms with Gasteiger partial charge in [-0.15, -0.1) is 0 Å². The number of phosphoric ester groups is 1. The van der Waals surface area contributed by atoms with Crippen molar-refractivity contribution in [3.63, 3.8) is 0 Å². The van der Waals surface area contributed by atoms with E-state index in [9.17, 15) is 39.8 Å². The molecule has 372 valence electrons. The van der Waals surface area contributed by atoms with Crippen LogP contribution in [-0.4, -0.2) is 98.9 Å². The van der Waals surface area contributed by atoms with Gasteiger partial charge < -0.3 is 39.9 Å². The predicted molar refractivity (Wildman–Crippen MR) is 253 cm³/mol. The molecule has 1 aliphatic carbocycles. The van der Waals surface area contributed by atoms with Gasteiger partial charge >= 0.3 is 13.8 Å². The summed E-state index contributed by atoms with van der Waals surface area (Å²) >= 11 is 0. The molecule has 1 rings (SSSR count). The Morgan fingerprint density at radius 3 is 1.29 bits per heavy atom. The molecule has 0 heterocycles. The number of phosphoric acid groups is 1. The number of carbonyl (C=O) groups excluding carboxylic acids is 1. The van der Waals surface area contributed by atoms with Crippen molar-refractivity contribution in [2.75, 3.05) is 19.8 Å². The van der Waals surface area contributed by atoms with E-state index < -0.39 is 63.1 Å². The highest BCUT2D eigenvalue weighted by atomic mass is 31.2. The zero-order valence-corrected chi connectivity index (χ0v) is 40.8. The molecule has 1 saturated carbocycles. The second kappa shape index (κ2) is 41.0. The Morgan fingerprint density at radius 2 is 0.841 bits per heavy atom. The third kappa shape index (κ3) is 33.0. The monoisotopic (exact) mass is 919 g/mol. The van der Waals surface area contributed by atoms with E-state index in [1.807, 2.05) is 0 Å². The Labute approximate surface area is 383 Å². The Kier molecular flexibility index (Phi) is 39.0. The molecule has 0 aliphatic heterocycles. The van der Waals surface area contributed by atoms with Crippen molar-refractivity contribution in [3.05, 3.63) is 24.3 Å². The molecular formula is C50H95O12P. The zero-order valence-electron chi connectivity index (χ0n) is 39.9. The molecule has 0 amide bonds. The average molecular weight is 919 g/mol. The lowest BCUT2D eigenvalue weighted by molar-refractivity contribution is -0.220. The number of unbranched alkanes of at least 4 members (excludes halogenated alkanes) is 28. The lowest BCUT2D eigenvalue weighted by atomic mass is 9.85. The molecule has 0 aromatic heterocycles. The minimum atomic E-state index is -5.02. The van der Waals surface area contributed by atoms with Gasteiger partial charge in [0.15, 0.2) is 0 Å².